The topological polar surface area (TPSA) is 83.7 Å². The molecule has 6 heteroatoms. The van der Waals surface area contributed by atoms with Crippen molar-refractivity contribution in [1.29, 1.82) is 0 Å². The van der Waals surface area contributed by atoms with E-state index in [-0.39, 0.29) is 6.04 Å². The van der Waals surface area contributed by atoms with Crippen LogP contribution in [0.5, 0.6) is 0 Å². The second-order valence-corrected chi connectivity index (χ2v) is 5.25. The Kier molecular flexibility index (Phi) is 3.92. The van der Waals surface area contributed by atoms with Crippen LogP contribution in [0.2, 0.25) is 0 Å². The molecule has 106 valence electrons. The number of hydrogen-bond acceptors (Lipinski definition) is 5. The molecule has 0 saturated carbocycles. The quantitative estimate of drug-likeness (QED) is 0.864. The van der Waals surface area contributed by atoms with Crippen molar-refractivity contribution in [3.8, 4) is 0 Å². The normalized spacial score (nSPS) is 19.2. The maximum atomic E-state index is 5.99. The van der Waals surface area contributed by atoms with Crippen molar-refractivity contribution in [3.05, 3.63) is 35.9 Å². The molecule has 0 radical (unpaired) electrons. The minimum absolute atomic E-state index is 0.235. The summed E-state index contributed by atoms with van der Waals surface area (Å²) in [4.78, 5) is 11.0. The largest absolute Gasteiger partial charge is 0.338 e. The average Bonchev–Trinajstić information content (AvgIpc) is 2.95. The van der Waals surface area contributed by atoms with Gasteiger partial charge in [-0.3, -0.25) is 10.1 Å². The molecule has 2 aromatic heterocycles. The predicted molar refractivity (Wildman–Crippen MR) is 77.5 cm³/mol. The van der Waals surface area contributed by atoms with Gasteiger partial charge in [-0.15, -0.1) is 5.10 Å². The molecule has 0 aromatic carbocycles. The summed E-state index contributed by atoms with van der Waals surface area (Å²) in [7, 11) is 0. The molecular weight excluding hydrogens is 252 g/mol. The van der Waals surface area contributed by atoms with E-state index in [1.54, 1.807) is 0 Å². The van der Waals surface area contributed by atoms with Gasteiger partial charge in [0.25, 0.3) is 0 Å². The molecule has 6 nitrogen and oxygen atoms in total. The van der Waals surface area contributed by atoms with E-state index in [2.05, 4.69) is 25.1 Å². The summed E-state index contributed by atoms with van der Waals surface area (Å²) in [6, 6.07) is 6.19. The number of rotatable bonds is 4. The fourth-order valence-electron chi connectivity index (χ4n) is 2.52. The number of aryl methyl sites for hydroxylation is 2. The molecule has 2 aromatic rings. The second kappa shape index (κ2) is 6.00. The lowest BCUT2D eigenvalue weighted by Gasteiger charge is -2.29. The molecule has 1 atom stereocenters. The number of aromatic nitrogens is 4. The third-order valence-corrected chi connectivity index (χ3v) is 3.60. The molecule has 20 heavy (non-hydrogen) atoms. The Morgan fingerprint density at radius 2 is 2.30 bits per heavy atom. The molecular formula is C14H20N6. The minimum atomic E-state index is 0.235. The summed E-state index contributed by atoms with van der Waals surface area (Å²) in [6.07, 6.45) is 5.71. The number of nitrogens with one attached hydrogen (secondary N) is 1. The number of pyridine rings is 1. The number of nitrogens with two attached hydrogens (primary N) is 1. The molecule has 3 N–H and O–H groups in total. The van der Waals surface area contributed by atoms with E-state index in [1.165, 1.54) is 0 Å². The van der Waals surface area contributed by atoms with E-state index in [1.807, 2.05) is 24.4 Å². The van der Waals surface area contributed by atoms with E-state index >= 15 is 0 Å². The van der Waals surface area contributed by atoms with Crippen LogP contribution < -0.4 is 10.6 Å². The zero-order valence-corrected chi connectivity index (χ0v) is 11.5. The Balaban J connectivity index is 1.59. The lowest BCUT2D eigenvalue weighted by atomic mass is 10.1. The number of piperidine rings is 1. The first kappa shape index (κ1) is 13.1. The molecule has 0 spiro atoms. The van der Waals surface area contributed by atoms with Gasteiger partial charge in [0.2, 0.25) is 5.95 Å². The minimum Gasteiger partial charge on any atom is -0.338 e. The standard InChI is InChI=1S/C14H20N6/c15-11-4-3-9-20(10-11)14-17-13(18-19-14)7-6-12-5-1-2-8-16-12/h1-2,5,8,11H,3-4,6-7,9-10,15H2,(H,17,18,19). The highest BCUT2D eigenvalue weighted by Gasteiger charge is 2.19. The van der Waals surface area contributed by atoms with Gasteiger partial charge in [-0.2, -0.15) is 4.98 Å². The van der Waals surface area contributed by atoms with E-state index in [9.17, 15) is 0 Å². The zero-order chi connectivity index (χ0) is 13.8. The molecule has 1 aliphatic heterocycles. The molecule has 1 unspecified atom stereocenters. The van der Waals surface area contributed by atoms with Crippen LogP contribution in [0.3, 0.4) is 0 Å². The van der Waals surface area contributed by atoms with Crippen molar-refractivity contribution in [2.75, 3.05) is 18.0 Å². The molecule has 3 rings (SSSR count). The molecule has 1 fully saturated rings. The maximum absolute atomic E-state index is 5.99. The third-order valence-electron chi connectivity index (χ3n) is 3.60. The van der Waals surface area contributed by atoms with Gasteiger partial charge in [0.05, 0.1) is 0 Å². The van der Waals surface area contributed by atoms with Crippen LogP contribution in [0.25, 0.3) is 0 Å². The van der Waals surface area contributed by atoms with Crippen molar-refractivity contribution in [2.45, 2.75) is 31.7 Å². The van der Waals surface area contributed by atoms with Crippen LogP contribution in [0.4, 0.5) is 5.95 Å². The van der Waals surface area contributed by atoms with Crippen molar-refractivity contribution < 1.29 is 0 Å². The maximum Gasteiger partial charge on any atom is 0.244 e. The Hall–Kier alpha value is -1.95. The smallest absolute Gasteiger partial charge is 0.244 e. The molecule has 0 bridgehead atoms. The number of anilines is 1. The molecule has 0 amide bonds. The summed E-state index contributed by atoms with van der Waals surface area (Å²) in [5, 5.41) is 7.32. The molecule has 0 aliphatic carbocycles. The number of H-pyrrole nitrogens is 1. The summed E-state index contributed by atoms with van der Waals surface area (Å²) >= 11 is 0. The van der Waals surface area contributed by atoms with Crippen molar-refractivity contribution in [1.82, 2.24) is 20.2 Å². The predicted octanol–water partition coefficient (Wildman–Crippen LogP) is 0.912. The second-order valence-electron chi connectivity index (χ2n) is 5.25. The van der Waals surface area contributed by atoms with Crippen molar-refractivity contribution >= 4 is 5.95 Å². The van der Waals surface area contributed by atoms with Gasteiger partial charge in [0.1, 0.15) is 5.82 Å². The highest BCUT2D eigenvalue weighted by molar-refractivity contribution is 5.30. The van der Waals surface area contributed by atoms with Gasteiger partial charge in [-0.1, -0.05) is 6.07 Å². The van der Waals surface area contributed by atoms with Crippen LogP contribution >= 0.6 is 0 Å². The first-order valence-corrected chi connectivity index (χ1v) is 7.13. The summed E-state index contributed by atoms with van der Waals surface area (Å²) in [5.41, 5.74) is 7.06. The number of nitrogens with zero attached hydrogens (tertiary/aromatic N) is 4. The van der Waals surface area contributed by atoms with Gasteiger partial charge in [-0.05, 0) is 31.4 Å². The first-order chi connectivity index (χ1) is 9.81. The average molecular weight is 272 g/mol. The fraction of sp³-hybridized carbons (Fsp3) is 0.500. The van der Waals surface area contributed by atoms with Crippen LogP contribution in [-0.2, 0) is 12.8 Å². The molecule has 3 heterocycles. The highest BCUT2D eigenvalue weighted by atomic mass is 15.4. The number of aromatic amines is 1. The van der Waals surface area contributed by atoms with Gasteiger partial charge in [-0.25, -0.2) is 0 Å². The Bertz CT molecular complexity index is 538. The monoisotopic (exact) mass is 272 g/mol. The zero-order valence-electron chi connectivity index (χ0n) is 11.5. The van der Waals surface area contributed by atoms with Crippen LogP contribution in [0.15, 0.2) is 24.4 Å². The Morgan fingerprint density at radius 3 is 3.10 bits per heavy atom. The highest BCUT2D eigenvalue weighted by Crippen LogP contribution is 2.15. The third kappa shape index (κ3) is 3.14. The lowest BCUT2D eigenvalue weighted by Crippen LogP contribution is -2.43. The van der Waals surface area contributed by atoms with Gasteiger partial charge >= 0.3 is 0 Å². The van der Waals surface area contributed by atoms with Gasteiger partial charge < -0.3 is 10.6 Å². The van der Waals surface area contributed by atoms with Crippen molar-refractivity contribution in [3.63, 3.8) is 0 Å². The molecule has 1 aliphatic rings. The SMILES string of the molecule is NC1CCCN(c2n[nH]c(CCc3ccccn3)n2)C1. The van der Waals surface area contributed by atoms with Crippen LogP contribution in [0.1, 0.15) is 24.4 Å². The van der Waals surface area contributed by atoms with E-state index in [4.69, 9.17) is 5.73 Å². The summed E-state index contributed by atoms with van der Waals surface area (Å²) in [5.74, 6) is 1.68. The number of hydrogen-bond donors (Lipinski definition) is 2. The first-order valence-electron chi connectivity index (χ1n) is 7.13. The Morgan fingerprint density at radius 1 is 1.35 bits per heavy atom. The van der Waals surface area contributed by atoms with Crippen LogP contribution in [-0.4, -0.2) is 39.3 Å². The van der Waals surface area contributed by atoms with E-state index in [0.717, 1.165) is 56.2 Å². The van der Waals surface area contributed by atoms with Gasteiger partial charge in [0, 0.05) is 37.4 Å². The van der Waals surface area contributed by atoms with Gasteiger partial charge in [0.15, 0.2) is 0 Å². The van der Waals surface area contributed by atoms with Crippen molar-refractivity contribution in [2.24, 2.45) is 5.73 Å². The van der Waals surface area contributed by atoms with E-state index in [0.29, 0.717) is 0 Å². The lowest BCUT2D eigenvalue weighted by molar-refractivity contribution is 0.500. The summed E-state index contributed by atoms with van der Waals surface area (Å²) < 4.78 is 0. The fourth-order valence-corrected chi connectivity index (χ4v) is 2.52. The molecule has 1 saturated heterocycles. The Labute approximate surface area is 118 Å². The summed E-state index contributed by atoms with van der Waals surface area (Å²) in [6.45, 7) is 1.84. The van der Waals surface area contributed by atoms with Crippen LogP contribution in [0, 0.1) is 0 Å². The van der Waals surface area contributed by atoms with E-state index < -0.39 is 0 Å².